The number of aromatic nitrogens is 3. The van der Waals surface area contributed by atoms with E-state index in [-0.39, 0.29) is 0 Å². The topological polar surface area (TPSA) is 30.7 Å². The van der Waals surface area contributed by atoms with Gasteiger partial charge in [-0.1, -0.05) is 0 Å². The zero-order valence-corrected chi connectivity index (χ0v) is 19.2. The summed E-state index contributed by atoms with van der Waals surface area (Å²) in [6.45, 7) is 9.22. The quantitative estimate of drug-likeness (QED) is 0.472. The van der Waals surface area contributed by atoms with Crippen LogP contribution in [0.1, 0.15) is 64.9 Å². The van der Waals surface area contributed by atoms with E-state index in [1.54, 1.807) is 0 Å². The van der Waals surface area contributed by atoms with Gasteiger partial charge < -0.3 is 0 Å². The fourth-order valence-electron chi connectivity index (χ4n) is 3.85. The Morgan fingerprint density at radius 1 is 0.958 bits per heavy atom. The Morgan fingerprint density at radius 3 is 2.00 bits per heavy atom. The molecule has 0 atom stereocenters. The van der Waals surface area contributed by atoms with Gasteiger partial charge in [0.2, 0.25) is 0 Å². The summed E-state index contributed by atoms with van der Waals surface area (Å²) in [5, 5.41) is 4.60. The van der Waals surface area contributed by atoms with Gasteiger partial charge in [-0.2, -0.15) is 0 Å². The molecule has 0 aliphatic carbocycles. The summed E-state index contributed by atoms with van der Waals surface area (Å²) in [4.78, 5) is 5.20. The molecule has 0 aromatic carbocycles. The van der Waals surface area contributed by atoms with E-state index in [1.165, 1.54) is 61.1 Å². The van der Waals surface area contributed by atoms with Crippen LogP contribution in [0.15, 0.2) is 12.3 Å². The van der Waals surface area contributed by atoms with E-state index in [2.05, 4.69) is 45.1 Å². The molecule has 2 rings (SSSR count). The van der Waals surface area contributed by atoms with Crippen molar-refractivity contribution in [3.63, 3.8) is 0 Å². The van der Waals surface area contributed by atoms with Gasteiger partial charge in [0.1, 0.15) is 0 Å². The molecule has 24 heavy (non-hydrogen) atoms. The fraction of sp³-hybridized carbons (Fsp3) is 0.700. The summed E-state index contributed by atoms with van der Waals surface area (Å²) in [6, 6.07) is 2.42. The molecule has 0 bridgehead atoms. The van der Waals surface area contributed by atoms with Gasteiger partial charge in [0.15, 0.2) is 0 Å². The van der Waals surface area contributed by atoms with Crippen LogP contribution in [0.25, 0.3) is 11.0 Å². The Labute approximate surface area is 152 Å². The van der Waals surface area contributed by atoms with Crippen LogP contribution in [0.5, 0.6) is 0 Å². The van der Waals surface area contributed by atoms with Gasteiger partial charge in [-0.05, 0) is 0 Å². The molecule has 0 radical (unpaired) electrons. The predicted octanol–water partition coefficient (Wildman–Crippen LogP) is 5.33. The minimum absolute atomic E-state index is 1.09. The number of nitrogens with zero attached hydrogens (tertiary/aromatic N) is 3. The van der Waals surface area contributed by atoms with Crippen molar-refractivity contribution in [3.05, 3.63) is 17.8 Å². The van der Waals surface area contributed by atoms with Gasteiger partial charge in [-0.15, -0.1) is 0 Å². The summed E-state index contributed by atoms with van der Waals surface area (Å²) >= 11 is -2.43. The molecule has 0 aliphatic heterocycles. The van der Waals surface area contributed by atoms with Crippen LogP contribution >= 0.6 is 0 Å². The summed E-state index contributed by atoms with van der Waals surface area (Å²) in [5.41, 5.74) is 3.52. The normalized spacial score (nSPS) is 12.2. The maximum atomic E-state index is 5.20. The Hall–Kier alpha value is -0.581. The SMILES string of the molecule is CCC[CH2][Sn]([CH2]CCC)([CH2]CCC)[c]1cc(C)c2nn(C)cc2n1. The first-order chi connectivity index (χ1) is 11.6. The molecule has 4 heteroatoms. The van der Waals surface area contributed by atoms with Gasteiger partial charge in [0, 0.05) is 0 Å². The molecule has 0 fully saturated rings. The summed E-state index contributed by atoms with van der Waals surface area (Å²) in [7, 11) is 2.00. The van der Waals surface area contributed by atoms with Crippen molar-refractivity contribution in [1.29, 1.82) is 0 Å². The molecule has 0 spiro atoms. The molecule has 0 amide bonds. The van der Waals surface area contributed by atoms with Gasteiger partial charge in [0.25, 0.3) is 0 Å². The number of rotatable bonds is 10. The van der Waals surface area contributed by atoms with E-state index in [4.69, 9.17) is 4.98 Å². The average molecular weight is 436 g/mol. The van der Waals surface area contributed by atoms with E-state index in [9.17, 15) is 0 Å². The molecule has 134 valence electrons. The van der Waals surface area contributed by atoms with E-state index < -0.39 is 18.4 Å². The van der Waals surface area contributed by atoms with Crippen molar-refractivity contribution >= 4 is 33.1 Å². The number of hydrogen-bond donors (Lipinski definition) is 0. The molecule has 3 nitrogen and oxygen atoms in total. The third kappa shape index (κ3) is 4.53. The van der Waals surface area contributed by atoms with Crippen LogP contribution in [-0.4, -0.2) is 33.1 Å². The first kappa shape index (κ1) is 19.7. The molecular formula is C20H35N3Sn. The van der Waals surface area contributed by atoms with Crippen molar-refractivity contribution in [2.24, 2.45) is 7.05 Å². The van der Waals surface area contributed by atoms with Crippen molar-refractivity contribution < 1.29 is 0 Å². The number of aryl methyl sites for hydroxylation is 2. The number of pyridine rings is 1. The summed E-state index contributed by atoms with van der Waals surface area (Å²) in [5.74, 6) is 0. The number of unbranched alkanes of at least 4 members (excludes halogenated alkanes) is 3. The van der Waals surface area contributed by atoms with Crippen LogP contribution in [0, 0.1) is 6.92 Å². The van der Waals surface area contributed by atoms with Crippen molar-refractivity contribution in [2.45, 2.75) is 79.5 Å². The predicted molar refractivity (Wildman–Crippen MR) is 108 cm³/mol. The third-order valence-corrected chi connectivity index (χ3v) is 20.4. The molecule has 0 unspecified atom stereocenters. The van der Waals surface area contributed by atoms with Gasteiger partial charge in [-0.3, -0.25) is 0 Å². The van der Waals surface area contributed by atoms with Crippen LogP contribution < -0.4 is 3.71 Å². The zero-order valence-electron chi connectivity index (χ0n) is 16.4. The van der Waals surface area contributed by atoms with E-state index >= 15 is 0 Å². The van der Waals surface area contributed by atoms with Crippen molar-refractivity contribution in [1.82, 2.24) is 14.8 Å². The van der Waals surface area contributed by atoms with Crippen LogP contribution in [0.2, 0.25) is 13.3 Å². The second kappa shape index (κ2) is 9.21. The van der Waals surface area contributed by atoms with E-state index in [0.717, 1.165) is 11.0 Å². The number of fused-ring (bicyclic) bond motifs is 1. The summed E-state index contributed by atoms with van der Waals surface area (Å²) in [6.07, 6.45) is 10.2. The molecule has 2 heterocycles. The van der Waals surface area contributed by atoms with Gasteiger partial charge in [0.05, 0.1) is 0 Å². The molecule has 0 aliphatic rings. The standard InChI is InChI=1S/C8H8N3.3C4H9.Sn/c1-6-3-4-9-7-5-11(2)10-8(6)7;3*1-3-4-2;/h3,5H,1-2H3;3*1,3-4H2,2H3;. The minimum atomic E-state index is -2.43. The van der Waals surface area contributed by atoms with Crippen LogP contribution in [0.3, 0.4) is 0 Å². The second-order valence-electron chi connectivity index (χ2n) is 7.45. The fourth-order valence-corrected chi connectivity index (χ4v) is 19.5. The zero-order chi connectivity index (χ0) is 17.6. The average Bonchev–Trinajstić information content (AvgIpc) is 2.95. The number of hydrogen-bond acceptors (Lipinski definition) is 2. The van der Waals surface area contributed by atoms with E-state index in [1.807, 2.05) is 11.7 Å². The van der Waals surface area contributed by atoms with Gasteiger partial charge >= 0.3 is 152 Å². The first-order valence-electron chi connectivity index (χ1n) is 9.87. The molecule has 0 saturated carbocycles. The van der Waals surface area contributed by atoms with E-state index in [0.29, 0.717) is 0 Å². The third-order valence-electron chi connectivity index (χ3n) is 5.35. The monoisotopic (exact) mass is 437 g/mol. The Bertz CT molecular complexity index is 626. The summed E-state index contributed by atoms with van der Waals surface area (Å²) < 4.78 is 7.86. The molecule has 2 aromatic heterocycles. The van der Waals surface area contributed by atoms with Crippen molar-refractivity contribution in [2.75, 3.05) is 0 Å². The van der Waals surface area contributed by atoms with Crippen molar-refractivity contribution in [3.8, 4) is 0 Å². The Morgan fingerprint density at radius 2 is 1.50 bits per heavy atom. The van der Waals surface area contributed by atoms with Gasteiger partial charge in [-0.25, -0.2) is 0 Å². The molecule has 0 saturated heterocycles. The molecule has 2 aromatic rings. The Kier molecular flexibility index (Phi) is 7.57. The molecule has 0 N–H and O–H groups in total. The Balaban J connectivity index is 2.49. The maximum absolute atomic E-state index is 5.20. The van der Waals surface area contributed by atoms with Crippen LogP contribution in [-0.2, 0) is 7.05 Å². The second-order valence-corrected chi connectivity index (χ2v) is 20.5. The van der Waals surface area contributed by atoms with Crippen LogP contribution in [0.4, 0.5) is 0 Å². The first-order valence-corrected chi connectivity index (χ1v) is 17.4. The molecular weight excluding hydrogens is 401 g/mol.